The first-order valence-corrected chi connectivity index (χ1v) is 8.97. The smallest absolute Gasteiger partial charge is 0.0318 e. The number of hydrogen-bond acceptors (Lipinski definition) is 2. The molecule has 0 aliphatic heterocycles. The minimum absolute atomic E-state index is 0.430. The highest BCUT2D eigenvalue weighted by Gasteiger charge is 2.21. The molecule has 2 atom stereocenters. The van der Waals surface area contributed by atoms with Gasteiger partial charge in [0.15, 0.2) is 0 Å². The van der Waals surface area contributed by atoms with Crippen LogP contribution in [0.25, 0.3) is 0 Å². The van der Waals surface area contributed by atoms with E-state index in [4.69, 9.17) is 0 Å². The van der Waals surface area contributed by atoms with Crippen molar-refractivity contribution in [3.05, 3.63) is 34.3 Å². The van der Waals surface area contributed by atoms with Gasteiger partial charge in [0, 0.05) is 23.1 Å². The summed E-state index contributed by atoms with van der Waals surface area (Å²) in [5, 5.41) is 3.78. The number of nitrogens with zero attached hydrogens (tertiary/aromatic N) is 1. The maximum absolute atomic E-state index is 3.78. The summed E-state index contributed by atoms with van der Waals surface area (Å²) in [5.41, 5.74) is 1.37. The Hall–Kier alpha value is -0.380. The van der Waals surface area contributed by atoms with Crippen LogP contribution in [-0.4, -0.2) is 31.6 Å². The number of hydrogen-bond donors (Lipinski definition) is 1. The van der Waals surface area contributed by atoms with E-state index in [1.807, 2.05) is 0 Å². The second-order valence-corrected chi connectivity index (χ2v) is 6.95. The van der Waals surface area contributed by atoms with Gasteiger partial charge in [0.1, 0.15) is 0 Å². The molecule has 0 bridgehead atoms. The first-order valence-electron chi connectivity index (χ1n) is 8.18. The molecule has 1 rings (SSSR count). The third-order valence-electron chi connectivity index (χ3n) is 4.49. The van der Waals surface area contributed by atoms with Crippen molar-refractivity contribution in [1.82, 2.24) is 10.2 Å². The van der Waals surface area contributed by atoms with Crippen LogP contribution in [-0.2, 0) is 0 Å². The summed E-state index contributed by atoms with van der Waals surface area (Å²) in [4.78, 5) is 2.37. The van der Waals surface area contributed by atoms with Gasteiger partial charge >= 0.3 is 0 Å². The molecule has 0 spiro atoms. The van der Waals surface area contributed by atoms with Gasteiger partial charge in [-0.1, -0.05) is 61.7 Å². The second kappa shape index (κ2) is 9.60. The van der Waals surface area contributed by atoms with Gasteiger partial charge in [0.2, 0.25) is 0 Å². The van der Waals surface area contributed by atoms with Crippen LogP contribution in [0.4, 0.5) is 0 Å². The molecule has 21 heavy (non-hydrogen) atoms. The van der Waals surface area contributed by atoms with E-state index >= 15 is 0 Å². The van der Waals surface area contributed by atoms with Crippen molar-refractivity contribution in [3.8, 4) is 0 Å². The summed E-state index contributed by atoms with van der Waals surface area (Å²) in [6.07, 6.45) is 3.60. The van der Waals surface area contributed by atoms with E-state index < -0.39 is 0 Å². The van der Waals surface area contributed by atoms with Crippen LogP contribution in [0, 0.1) is 5.92 Å². The van der Waals surface area contributed by atoms with Crippen LogP contribution < -0.4 is 5.32 Å². The van der Waals surface area contributed by atoms with Gasteiger partial charge in [-0.05, 0) is 44.1 Å². The fourth-order valence-electron chi connectivity index (χ4n) is 3.09. The van der Waals surface area contributed by atoms with Crippen molar-refractivity contribution in [2.24, 2.45) is 5.92 Å². The second-order valence-electron chi connectivity index (χ2n) is 6.03. The Labute approximate surface area is 139 Å². The maximum Gasteiger partial charge on any atom is 0.0318 e. The first kappa shape index (κ1) is 18.7. The van der Waals surface area contributed by atoms with Crippen molar-refractivity contribution in [2.45, 2.75) is 52.1 Å². The Morgan fingerprint density at radius 3 is 2.24 bits per heavy atom. The zero-order valence-electron chi connectivity index (χ0n) is 14.2. The van der Waals surface area contributed by atoms with Crippen molar-refractivity contribution in [3.63, 3.8) is 0 Å². The Morgan fingerprint density at radius 2 is 1.76 bits per heavy atom. The topological polar surface area (TPSA) is 15.3 Å². The molecule has 0 aliphatic carbocycles. The van der Waals surface area contributed by atoms with Gasteiger partial charge in [0.05, 0.1) is 0 Å². The highest BCUT2D eigenvalue weighted by atomic mass is 79.9. The van der Waals surface area contributed by atoms with Gasteiger partial charge < -0.3 is 10.2 Å². The molecular weight excluding hydrogens is 324 g/mol. The van der Waals surface area contributed by atoms with Crippen molar-refractivity contribution in [1.29, 1.82) is 0 Å². The van der Waals surface area contributed by atoms with E-state index in [9.17, 15) is 0 Å². The lowest BCUT2D eigenvalue weighted by Gasteiger charge is -2.33. The first-order chi connectivity index (χ1) is 10.0. The number of nitrogens with one attached hydrogen (secondary N) is 1. The van der Waals surface area contributed by atoms with Crippen LogP contribution in [0.2, 0.25) is 0 Å². The van der Waals surface area contributed by atoms with Gasteiger partial charge in [-0.2, -0.15) is 0 Å². The van der Waals surface area contributed by atoms with E-state index in [0.717, 1.165) is 23.4 Å². The zero-order valence-corrected chi connectivity index (χ0v) is 15.8. The van der Waals surface area contributed by atoms with Gasteiger partial charge in [-0.25, -0.2) is 0 Å². The Balaban J connectivity index is 2.72. The molecule has 0 radical (unpaired) electrons. The van der Waals surface area contributed by atoms with Crippen LogP contribution in [0.3, 0.4) is 0 Å². The van der Waals surface area contributed by atoms with E-state index in [1.54, 1.807) is 0 Å². The van der Waals surface area contributed by atoms with E-state index in [2.05, 4.69) is 85.3 Å². The third kappa shape index (κ3) is 5.72. The van der Waals surface area contributed by atoms with E-state index in [1.165, 1.54) is 18.4 Å². The van der Waals surface area contributed by atoms with Gasteiger partial charge in [0.25, 0.3) is 0 Å². The lowest BCUT2D eigenvalue weighted by atomic mass is 9.92. The summed E-state index contributed by atoms with van der Waals surface area (Å²) >= 11 is 3.57. The summed E-state index contributed by atoms with van der Waals surface area (Å²) < 4.78 is 1.16. The summed E-state index contributed by atoms with van der Waals surface area (Å²) in [6.45, 7) is 7.90. The molecule has 0 fully saturated rings. The average molecular weight is 355 g/mol. The van der Waals surface area contributed by atoms with Gasteiger partial charge in [-0.15, -0.1) is 0 Å². The number of halogens is 1. The molecule has 1 aromatic rings. The predicted molar refractivity (Wildman–Crippen MR) is 96.7 cm³/mol. The summed E-state index contributed by atoms with van der Waals surface area (Å²) in [5.74, 6) is 0.757. The Morgan fingerprint density at radius 1 is 1.10 bits per heavy atom. The molecule has 3 heteroatoms. The standard InChI is InChI=1S/C18H31BrN2/c1-6-14(7-2)18(21(4)5)13-20-17(8-3)15-10-9-11-16(19)12-15/h9-12,14,17-18,20H,6-8,13H2,1-5H3. The lowest BCUT2D eigenvalue weighted by Crippen LogP contribution is -2.43. The fraction of sp³-hybridized carbons (Fsp3) is 0.667. The summed E-state index contributed by atoms with van der Waals surface area (Å²) in [7, 11) is 4.40. The minimum atomic E-state index is 0.430. The number of rotatable bonds is 9. The van der Waals surface area contributed by atoms with Crippen LogP contribution >= 0.6 is 15.9 Å². The molecule has 120 valence electrons. The Kier molecular flexibility index (Phi) is 8.53. The van der Waals surface area contributed by atoms with Crippen LogP contribution in [0.5, 0.6) is 0 Å². The monoisotopic (exact) mass is 354 g/mol. The molecule has 1 aromatic carbocycles. The highest BCUT2D eigenvalue weighted by Crippen LogP contribution is 2.22. The third-order valence-corrected chi connectivity index (χ3v) is 4.98. The Bertz CT molecular complexity index is 402. The molecule has 2 nitrogen and oxygen atoms in total. The quantitative estimate of drug-likeness (QED) is 0.681. The van der Waals surface area contributed by atoms with E-state index in [-0.39, 0.29) is 0 Å². The molecular formula is C18H31BrN2. The van der Waals surface area contributed by atoms with Crippen molar-refractivity contribution >= 4 is 15.9 Å². The minimum Gasteiger partial charge on any atom is -0.308 e. The largest absolute Gasteiger partial charge is 0.308 e. The molecule has 0 heterocycles. The molecule has 1 N–H and O–H groups in total. The maximum atomic E-state index is 3.78. The van der Waals surface area contributed by atoms with Crippen LogP contribution in [0.15, 0.2) is 28.7 Å². The zero-order chi connectivity index (χ0) is 15.8. The van der Waals surface area contributed by atoms with Crippen LogP contribution in [0.1, 0.15) is 51.6 Å². The molecule has 0 saturated carbocycles. The SMILES string of the molecule is CCC(NCC(C(CC)CC)N(C)C)c1cccc(Br)c1. The molecule has 2 unspecified atom stereocenters. The molecule has 0 aromatic heterocycles. The number of likely N-dealkylation sites (N-methyl/N-ethyl adjacent to an activating group) is 1. The normalized spacial score (nSPS) is 14.7. The average Bonchev–Trinajstić information content (AvgIpc) is 2.46. The molecule has 0 saturated heterocycles. The summed E-state index contributed by atoms with van der Waals surface area (Å²) in [6, 6.07) is 9.67. The number of benzene rings is 1. The predicted octanol–water partition coefficient (Wildman–Crippen LogP) is 4.86. The van der Waals surface area contributed by atoms with Gasteiger partial charge in [-0.3, -0.25) is 0 Å². The fourth-order valence-corrected chi connectivity index (χ4v) is 3.50. The van der Waals surface area contributed by atoms with Crippen molar-refractivity contribution < 1.29 is 0 Å². The molecule has 0 aliphatic rings. The van der Waals surface area contributed by atoms with E-state index in [0.29, 0.717) is 12.1 Å². The molecule has 0 amide bonds. The van der Waals surface area contributed by atoms with Crippen molar-refractivity contribution in [2.75, 3.05) is 20.6 Å². The lowest BCUT2D eigenvalue weighted by molar-refractivity contribution is 0.189. The highest BCUT2D eigenvalue weighted by molar-refractivity contribution is 9.10.